The maximum atomic E-state index is 9.58. The van der Waals surface area contributed by atoms with Crippen LogP contribution in [0.15, 0.2) is 28.7 Å². The summed E-state index contributed by atoms with van der Waals surface area (Å²) in [6.45, 7) is 2.56. The third kappa shape index (κ3) is 3.15. The lowest BCUT2D eigenvalue weighted by atomic mass is 10.2. The summed E-state index contributed by atoms with van der Waals surface area (Å²) in [7, 11) is 0. The normalized spacial score (nSPS) is 10.5. The van der Waals surface area contributed by atoms with E-state index in [2.05, 4.69) is 21.2 Å². The Morgan fingerprint density at radius 2 is 2.18 bits per heavy atom. The van der Waals surface area contributed by atoms with Crippen molar-refractivity contribution in [1.82, 2.24) is 0 Å². The van der Waals surface area contributed by atoms with Gasteiger partial charge in [0, 0.05) is 27.6 Å². The number of aryl methyl sites for hydroxylation is 1. The fourth-order valence-corrected chi connectivity index (χ4v) is 3.12. The van der Waals surface area contributed by atoms with Crippen LogP contribution in [0.3, 0.4) is 0 Å². The van der Waals surface area contributed by atoms with Crippen LogP contribution in [0.4, 0.5) is 5.69 Å². The number of halogens is 2. The Bertz CT molecular complexity index is 522. The minimum absolute atomic E-state index is 0.306. The fraction of sp³-hybridized carbons (Fsp3) is 0.167. The minimum Gasteiger partial charge on any atom is -0.508 e. The molecule has 0 fully saturated rings. The molecule has 0 aliphatic rings. The number of thiophene rings is 1. The Hall–Kier alpha value is -0.710. The molecule has 2 nitrogen and oxygen atoms in total. The number of phenols is 1. The molecule has 1 aromatic carbocycles. The highest BCUT2D eigenvalue weighted by atomic mass is 79.9. The predicted molar refractivity (Wildman–Crippen MR) is 77.2 cm³/mol. The van der Waals surface area contributed by atoms with Crippen LogP contribution in [0.5, 0.6) is 5.75 Å². The zero-order chi connectivity index (χ0) is 12.4. The molecular weight excluding hydrogens is 322 g/mol. The van der Waals surface area contributed by atoms with Crippen LogP contribution in [0.1, 0.15) is 10.4 Å². The molecule has 0 bridgehead atoms. The second-order valence-electron chi connectivity index (χ2n) is 3.69. The third-order valence-electron chi connectivity index (χ3n) is 2.37. The zero-order valence-corrected chi connectivity index (χ0v) is 12.3. The molecule has 0 amide bonds. The van der Waals surface area contributed by atoms with Gasteiger partial charge in [0.2, 0.25) is 0 Å². The highest BCUT2D eigenvalue weighted by Gasteiger charge is 2.04. The summed E-state index contributed by atoms with van der Waals surface area (Å²) < 4.78 is 1.68. The van der Waals surface area contributed by atoms with E-state index < -0.39 is 0 Å². The first-order valence-corrected chi connectivity index (χ1v) is 7.02. The van der Waals surface area contributed by atoms with Gasteiger partial charge in [-0.15, -0.1) is 11.3 Å². The van der Waals surface area contributed by atoms with Gasteiger partial charge in [-0.2, -0.15) is 0 Å². The summed E-state index contributed by atoms with van der Waals surface area (Å²) in [4.78, 5) is 1.14. The first-order chi connectivity index (χ1) is 8.06. The van der Waals surface area contributed by atoms with Crippen LogP contribution >= 0.6 is 38.9 Å². The van der Waals surface area contributed by atoms with E-state index in [4.69, 9.17) is 11.6 Å². The number of phenolic OH excluding ortho intramolecular Hbond substituents is 1. The SMILES string of the molecule is Cc1ccc(NCc2cc(Br)c(Cl)s2)cc1O. The molecule has 0 radical (unpaired) electrons. The van der Waals surface area contributed by atoms with E-state index in [-0.39, 0.29) is 0 Å². The van der Waals surface area contributed by atoms with Gasteiger partial charge in [0.15, 0.2) is 0 Å². The second-order valence-corrected chi connectivity index (χ2v) is 6.28. The molecule has 2 rings (SSSR count). The van der Waals surface area contributed by atoms with E-state index in [0.29, 0.717) is 12.3 Å². The molecule has 0 aliphatic carbocycles. The number of benzene rings is 1. The van der Waals surface area contributed by atoms with Crippen molar-refractivity contribution in [1.29, 1.82) is 0 Å². The second kappa shape index (κ2) is 5.29. The third-order valence-corrected chi connectivity index (χ3v) is 4.85. The first-order valence-electron chi connectivity index (χ1n) is 5.03. The van der Waals surface area contributed by atoms with E-state index in [1.54, 1.807) is 6.07 Å². The molecule has 2 aromatic rings. The summed E-state index contributed by atoms with van der Waals surface area (Å²) >= 11 is 10.9. The molecular formula is C12H11BrClNOS. The van der Waals surface area contributed by atoms with Crippen LogP contribution in [-0.4, -0.2) is 5.11 Å². The zero-order valence-electron chi connectivity index (χ0n) is 9.13. The van der Waals surface area contributed by atoms with Gasteiger partial charge >= 0.3 is 0 Å². The van der Waals surface area contributed by atoms with Crippen molar-refractivity contribution in [3.63, 3.8) is 0 Å². The summed E-state index contributed by atoms with van der Waals surface area (Å²) in [6, 6.07) is 7.54. The number of nitrogens with one attached hydrogen (secondary N) is 1. The Kier molecular flexibility index (Phi) is 3.97. The summed E-state index contributed by atoms with van der Waals surface area (Å²) in [5, 5.41) is 12.8. The molecule has 1 heterocycles. The van der Waals surface area contributed by atoms with E-state index in [1.165, 1.54) is 11.3 Å². The molecule has 1 aromatic heterocycles. The lowest BCUT2D eigenvalue weighted by Gasteiger charge is -2.06. The molecule has 0 aliphatic heterocycles. The summed E-state index contributed by atoms with van der Waals surface area (Å²) in [6.07, 6.45) is 0. The molecule has 2 N–H and O–H groups in total. The van der Waals surface area contributed by atoms with Crippen LogP contribution in [-0.2, 0) is 6.54 Å². The van der Waals surface area contributed by atoms with Crippen molar-refractivity contribution < 1.29 is 5.11 Å². The van der Waals surface area contributed by atoms with E-state index in [1.807, 2.05) is 25.1 Å². The summed E-state index contributed by atoms with van der Waals surface area (Å²) in [5.41, 5.74) is 1.77. The molecule has 0 unspecified atom stereocenters. The van der Waals surface area contributed by atoms with Crippen LogP contribution < -0.4 is 5.32 Å². The van der Waals surface area contributed by atoms with Gasteiger partial charge in [-0.1, -0.05) is 17.7 Å². The molecule has 0 spiro atoms. The van der Waals surface area contributed by atoms with Gasteiger partial charge in [0.1, 0.15) is 10.1 Å². The van der Waals surface area contributed by atoms with Crippen LogP contribution in [0.2, 0.25) is 4.34 Å². The van der Waals surface area contributed by atoms with Crippen molar-refractivity contribution >= 4 is 44.6 Å². The van der Waals surface area contributed by atoms with Gasteiger partial charge in [-0.3, -0.25) is 0 Å². The van der Waals surface area contributed by atoms with Gasteiger partial charge in [-0.25, -0.2) is 0 Å². The predicted octanol–water partition coefficient (Wildman–Crippen LogP) is 4.79. The highest BCUT2D eigenvalue weighted by Crippen LogP contribution is 2.32. The Morgan fingerprint density at radius 3 is 2.76 bits per heavy atom. The molecule has 0 atom stereocenters. The molecule has 17 heavy (non-hydrogen) atoms. The van der Waals surface area contributed by atoms with E-state index in [0.717, 1.165) is 24.9 Å². The van der Waals surface area contributed by atoms with Crippen LogP contribution in [0, 0.1) is 6.92 Å². The monoisotopic (exact) mass is 331 g/mol. The Balaban J connectivity index is 2.04. The van der Waals surface area contributed by atoms with Gasteiger partial charge < -0.3 is 10.4 Å². The quantitative estimate of drug-likeness (QED) is 0.847. The number of rotatable bonds is 3. The van der Waals surface area contributed by atoms with Crippen molar-refractivity contribution in [2.45, 2.75) is 13.5 Å². The van der Waals surface area contributed by atoms with Gasteiger partial charge in [-0.05, 0) is 40.5 Å². The average molecular weight is 333 g/mol. The van der Waals surface area contributed by atoms with Crippen molar-refractivity contribution in [3.8, 4) is 5.75 Å². The standard InChI is InChI=1S/C12H11BrClNOS/c1-7-2-3-8(4-11(7)16)15-6-9-5-10(13)12(14)17-9/h2-5,15-16H,6H2,1H3. The largest absolute Gasteiger partial charge is 0.508 e. The van der Waals surface area contributed by atoms with Crippen molar-refractivity contribution in [2.24, 2.45) is 0 Å². The Labute approximate surface area is 117 Å². The summed E-state index contributed by atoms with van der Waals surface area (Å²) in [5.74, 6) is 0.306. The van der Waals surface area contributed by atoms with E-state index >= 15 is 0 Å². The molecule has 90 valence electrons. The van der Waals surface area contributed by atoms with Crippen molar-refractivity contribution in [2.75, 3.05) is 5.32 Å². The molecule has 0 saturated carbocycles. The molecule has 0 saturated heterocycles. The maximum absolute atomic E-state index is 9.58. The Morgan fingerprint density at radius 1 is 1.41 bits per heavy atom. The van der Waals surface area contributed by atoms with E-state index in [9.17, 15) is 5.11 Å². The average Bonchev–Trinajstić information content (AvgIpc) is 2.60. The lowest BCUT2D eigenvalue weighted by molar-refractivity contribution is 0.471. The number of hydrogen-bond donors (Lipinski definition) is 2. The number of anilines is 1. The van der Waals surface area contributed by atoms with Crippen molar-refractivity contribution in [3.05, 3.63) is 43.5 Å². The minimum atomic E-state index is 0.306. The topological polar surface area (TPSA) is 32.3 Å². The van der Waals surface area contributed by atoms with Crippen LogP contribution in [0.25, 0.3) is 0 Å². The lowest BCUT2D eigenvalue weighted by Crippen LogP contribution is -1.97. The molecule has 5 heteroatoms. The first kappa shape index (κ1) is 12.7. The smallest absolute Gasteiger partial charge is 0.120 e. The fourth-order valence-electron chi connectivity index (χ4n) is 1.39. The number of aromatic hydroxyl groups is 1. The number of hydrogen-bond acceptors (Lipinski definition) is 3. The maximum Gasteiger partial charge on any atom is 0.120 e. The van der Waals surface area contributed by atoms with Gasteiger partial charge in [0.25, 0.3) is 0 Å². The van der Waals surface area contributed by atoms with Gasteiger partial charge in [0.05, 0.1) is 0 Å². The highest BCUT2D eigenvalue weighted by molar-refractivity contribution is 9.10.